The normalized spacial score (nSPS) is 29.6. The van der Waals surface area contributed by atoms with Crippen molar-refractivity contribution < 1.29 is 46.8 Å². The summed E-state index contributed by atoms with van der Waals surface area (Å²) < 4.78 is 53.2. The van der Waals surface area contributed by atoms with Gasteiger partial charge in [-0.05, 0) is 15.9 Å². The van der Waals surface area contributed by atoms with Crippen LogP contribution in [0.3, 0.4) is 0 Å². The lowest BCUT2D eigenvalue weighted by atomic mass is 9.90. The SMILES string of the molecule is CO[C@@H]1OC(COC(C)=O)[C@@H](OC(C)=O)C(OC(C)=O)C1C(F)(F)Br. The van der Waals surface area contributed by atoms with Crippen LogP contribution < -0.4 is 0 Å². The van der Waals surface area contributed by atoms with E-state index in [9.17, 15) is 23.2 Å². The van der Waals surface area contributed by atoms with E-state index in [0.717, 1.165) is 27.9 Å². The number of carbonyl (C=O) groups is 3. The van der Waals surface area contributed by atoms with Gasteiger partial charge in [0.25, 0.3) is 0 Å². The molecule has 0 radical (unpaired) electrons. The van der Waals surface area contributed by atoms with E-state index in [4.69, 9.17) is 23.7 Å². The van der Waals surface area contributed by atoms with Gasteiger partial charge in [0.05, 0.1) is 0 Å². The second-order valence-electron chi connectivity index (χ2n) is 5.30. The number of esters is 3. The summed E-state index contributed by atoms with van der Waals surface area (Å²) in [6.45, 7) is 2.80. The number of alkyl halides is 3. The van der Waals surface area contributed by atoms with Crippen LogP contribution in [0.1, 0.15) is 20.8 Å². The van der Waals surface area contributed by atoms with Crippen LogP contribution in [-0.4, -0.2) is 61.1 Å². The third-order valence-electron chi connectivity index (χ3n) is 3.31. The fourth-order valence-electron chi connectivity index (χ4n) is 2.45. The van der Waals surface area contributed by atoms with Crippen LogP contribution in [0.5, 0.6) is 0 Å². The van der Waals surface area contributed by atoms with Gasteiger partial charge in [0.2, 0.25) is 0 Å². The van der Waals surface area contributed by atoms with Crippen LogP contribution in [0.15, 0.2) is 0 Å². The van der Waals surface area contributed by atoms with Crippen molar-refractivity contribution >= 4 is 33.8 Å². The highest BCUT2D eigenvalue weighted by atomic mass is 79.9. The summed E-state index contributed by atoms with van der Waals surface area (Å²) in [4.78, 5) is 30.2. The number of hydrogen-bond donors (Lipinski definition) is 0. The fraction of sp³-hybridized carbons (Fsp3) is 0.786. The Kier molecular flexibility index (Phi) is 7.69. The topological polar surface area (TPSA) is 97.4 Å². The summed E-state index contributed by atoms with van der Waals surface area (Å²) in [5.74, 6) is -4.16. The molecule has 1 aliphatic heterocycles. The van der Waals surface area contributed by atoms with Gasteiger partial charge in [-0.1, -0.05) is 0 Å². The zero-order chi connectivity index (χ0) is 19.4. The van der Waals surface area contributed by atoms with Gasteiger partial charge in [0.15, 0.2) is 18.5 Å². The predicted octanol–water partition coefficient (Wildman–Crippen LogP) is 1.39. The molecule has 1 fully saturated rings. The molecule has 0 bridgehead atoms. The summed E-state index contributed by atoms with van der Waals surface area (Å²) in [5.41, 5.74) is 0. The summed E-state index contributed by atoms with van der Waals surface area (Å²) in [6, 6.07) is 0. The Labute approximate surface area is 151 Å². The molecule has 0 amide bonds. The third kappa shape index (κ3) is 6.15. The molecule has 8 nitrogen and oxygen atoms in total. The largest absolute Gasteiger partial charge is 0.463 e. The smallest absolute Gasteiger partial charge is 0.312 e. The first kappa shape index (κ1) is 21.7. The van der Waals surface area contributed by atoms with Gasteiger partial charge in [0, 0.05) is 27.9 Å². The van der Waals surface area contributed by atoms with E-state index in [1.54, 1.807) is 0 Å². The fourth-order valence-corrected chi connectivity index (χ4v) is 2.92. The number of carbonyl (C=O) groups excluding carboxylic acids is 3. The minimum absolute atomic E-state index is 0.411. The molecule has 0 spiro atoms. The molecule has 0 N–H and O–H groups in total. The van der Waals surface area contributed by atoms with Gasteiger partial charge in [-0.15, -0.1) is 0 Å². The van der Waals surface area contributed by atoms with Crippen molar-refractivity contribution in [3.8, 4) is 0 Å². The number of rotatable bonds is 6. The van der Waals surface area contributed by atoms with Crippen molar-refractivity contribution in [1.82, 2.24) is 0 Å². The molecule has 3 unspecified atom stereocenters. The van der Waals surface area contributed by atoms with Gasteiger partial charge in [0.1, 0.15) is 18.6 Å². The van der Waals surface area contributed by atoms with Crippen molar-refractivity contribution in [3.05, 3.63) is 0 Å². The van der Waals surface area contributed by atoms with Gasteiger partial charge in [-0.25, -0.2) is 0 Å². The van der Waals surface area contributed by atoms with Gasteiger partial charge < -0.3 is 23.7 Å². The van der Waals surface area contributed by atoms with Crippen LogP contribution in [0.25, 0.3) is 0 Å². The van der Waals surface area contributed by atoms with Crippen LogP contribution in [0.4, 0.5) is 8.78 Å². The van der Waals surface area contributed by atoms with E-state index in [1.165, 1.54) is 0 Å². The van der Waals surface area contributed by atoms with Crippen molar-refractivity contribution in [2.24, 2.45) is 5.92 Å². The van der Waals surface area contributed by atoms with Crippen molar-refractivity contribution in [2.75, 3.05) is 13.7 Å². The first-order chi connectivity index (χ1) is 11.5. The van der Waals surface area contributed by atoms with Crippen LogP contribution >= 0.6 is 15.9 Å². The summed E-state index contributed by atoms with van der Waals surface area (Å²) in [6.07, 6.45) is -5.73. The predicted molar refractivity (Wildman–Crippen MR) is 80.8 cm³/mol. The van der Waals surface area contributed by atoms with E-state index in [-0.39, 0.29) is 0 Å². The maximum absolute atomic E-state index is 14.0. The van der Waals surface area contributed by atoms with E-state index in [1.807, 2.05) is 0 Å². The molecule has 0 aromatic heterocycles. The van der Waals surface area contributed by atoms with Crippen LogP contribution in [0.2, 0.25) is 0 Å². The third-order valence-corrected chi connectivity index (χ3v) is 3.84. The van der Waals surface area contributed by atoms with Crippen LogP contribution in [0, 0.1) is 5.92 Å². The summed E-state index contributed by atoms with van der Waals surface area (Å²) >= 11 is 2.22. The molecule has 25 heavy (non-hydrogen) atoms. The minimum atomic E-state index is -3.57. The maximum atomic E-state index is 14.0. The zero-order valence-corrected chi connectivity index (χ0v) is 15.6. The lowest BCUT2D eigenvalue weighted by Gasteiger charge is -2.45. The highest BCUT2D eigenvalue weighted by Gasteiger charge is 2.59. The van der Waals surface area contributed by atoms with Crippen molar-refractivity contribution in [3.63, 3.8) is 0 Å². The van der Waals surface area contributed by atoms with Gasteiger partial charge >= 0.3 is 22.7 Å². The highest BCUT2D eigenvalue weighted by Crippen LogP contribution is 2.43. The minimum Gasteiger partial charge on any atom is -0.463 e. The molecule has 1 rings (SSSR count). The maximum Gasteiger partial charge on any atom is 0.312 e. The highest BCUT2D eigenvalue weighted by molar-refractivity contribution is 9.10. The standard InChI is InChI=1S/C14H19BrF2O8/c1-6(18)22-5-9-11(23-7(2)19)12(24-8(3)20)10(14(15,16)17)13(21-4)25-9/h9-13H,5H2,1-4H3/t9?,10?,11-,12?,13-/m1/s1. The lowest BCUT2D eigenvalue weighted by Crippen LogP contribution is -2.62. The Bertz CT molecular complexity index is 510. The second-order valence-corrected chi connectivity index (χ2v) is 6.35. The molecule has 0 aromatic carbocycles. The molecule has 5 atom stereocenters. The molecule has 0 saturated carbocycles. The molecule has 1 aliphatic rings. The summed E-state index contributed by atoms with van der Waals surface area (Å²) in [5, 5.41) is 0. The van der Waals surface area contributed by atoms with Crippen molar-refractivity contribution in [2.45, 2.75) is 50.2 Å². The zero-order valence-electron chi connectivity index (χ0n) is 14.0. The Hall–Kier alpha value is -1.33. The molecule has 1 saturated heterocycles. The second kappa shape index (κ2) is 8.86. The van der Waals surface area contributed by atoms with Crippen molar-refractivity contribution in [1.29, 1.82) is 0 Å². The number of hydrogen-bond acceptors (Lipinski definition) is 8. The average Bonchev–Trinajstić information content (AvgIpc) is 2.44. The molecular formula is C14H19BrF2O8. The quantitative estimate of drug-likeness (QED) is 0.352. The first-order valence-corrected chi connectivity index (χ1v) is 7.99. The lowest BCUT2D eigenvalue weighted by molar-refractivity contribution is -0.305. The molecule has 11 heteroatoms. The molecule has 1 heterocycles. The van der Waals surface area contributed by atoms with E-state index < -0.39 is 59.9 Å². The average molecular weight is 433 g/mol. The number of methoxy groups -OCH3 is 1. The van der Waals surface area contributed by atoms with Gasteiger partial charge in [-0.3, -0.25) is 14.4 Å². The Morgan fingerprint density at radius 1 is 1.04 bits per heavy atom. The number of ether oxygens (including phenoxy) is 5. The monoisotopic (exact) mass is 432 g/mol. The summed E-state index contributed by atoms with van der Waals surface area (Å²) in [7, 11) is 1.12. The molecule has 0 aromatic rings. The molecular weight excluding hydrogens is 414 g/mol. The molecule has 144 valence electrons. The van der Waals surface area contributed by atoms with Crippen LogP contribution in [-0.2, 0) is 38.1 Å². The van der Waals surface area contributed by atoms with E-state index in [0.29, 0.717) is 0 Å². The Balaban J connectivity index is 3.26. The number of halogens is 3. The van der Waals surface area contributed by atoms with E-state index in [2.05, 4.69) is 15.9 Å². The van der Waals surface area contributed by atoms with E-state index >= 15 is 0 Å². The first-order valence-electron chi connectivity index (χ1n) is 7.20. The Morgan fingerprint density at radius 3 is 1.96 bits per heavy atom. The van der Waals surface area contributed by atoms with Gasteiger partial charge in [-0.2, -0.15) is 8.78 Å². The Morgan fingerprint density at radius 2 is 1.56 bits per heavy atom. The molecule has 0 aliphatic carbocycles.